The Morgan fingerprint density at radius 2 is 2.04 bits per heavy atom. The number of ether oxygens (including phenoxy) is 1. The van der Waals surface area contributed by atoms with Gasteiger partial charge in [-0.05, 0) is 49.6 Å². The fraction of sp³-hybridized carbons (Fsp3) is 0.368. The van der Waals surface area contributed by atoms with Crippen LogP contribution in [-0.2, 0) is 11.3 Å². The number of nitrogens with one attached hydrogen (secondary N) is 1. The maximum Gasteiger partial charge on any atom is 0.261 e. The Morgan fingerprint density at radius 3 is 2.69 bits per heavy atom. The van der Waals surface area contributed by atoms with Gasteiger partial charge in [0.15, 0.2) is 6.10 Å². The average molecular weight is 394 g/mol. The molecule has 1 amide bonds. The minimum Gasteiger partial charge on any atom is -0.479 e. The Kier molecular flexibility index (Phi) is 6.22. The molecule has 1 unspecified atom stereocenters. The van der Waals surface area contributed by atoms with E-state index < -0.39 is 6.10 Å². The number of benzene rings is 1. The summed E-state index contributed by atoms with van der Waals surface area (Å²) < 4.78 is 5.61. The van der Waals surface area contributed by atoms with Crippen molar-refractivity contribution in [2.45, 2.75) is 32.4 Å². The summed E-state index contributed by atoms with van der Waals surface area (Å²) in [5.74, 6) is 1.20. The van der Waals surface area contributed by atoms with Gasteiger partial charge in [0.2, 0.25) is 0 Å². The average Bonchev–Trinajstić information content (AvgIpc) is 3.17. The molecule has 1 atom stereocenters. The number of anilines is 1. The first-order chi connectivity index (χ1) is 12.5. The smallest absolute Gasteiger partial charge is 0.261 e. The maximum absolute atomic E-state index is 12.2. The molecule has 7 heteroatoms. The van der Waals surface area contributed by atoms with Crippen molar-refractivity contribution in [1.82, 2.24) is 10.3 Å². The van der Waals surface area contributed by atoms with Gasteiger partial charge in [0.25, 0.3) is 5.91 Å². The fourth-order valence-electron chi connectivity index (χ4n) is 2.80. The molecule has 1 N–H and O–H groups in total. The second kappa shape index (κ2) is 8.60. The summed E-state index contributed by atoms with van der Waals surface area (Å²) in [6.07, 6.45) is 3.56. The highest BCUT2D eigenvalue weighted by Gasteiger charge is 2.17. The van der Waals surface area contributed by atoms with Crippen molar-refractivity contribution in [2.24, 2.45) is 0 Å². The molecule has 0 spiro atoms. The lowest BCUT2D eigenvalue weighted by Gasteiger charge is -2.17. The van der Waals surface area contributed by atoms with E-state index in [4.69, 9.17) is 27.9 Å². The number of carbonyl (C=O) groups is 1. The largest absolute Gasteiger partial charge is 0.479 e. The Labute approximate surface area is 163 Å². The van der Waals surface area contributed by atoms with Crippen LogP contribution in [0.3, 0.4) is 0 Å². The molecular weight excluding hydrogens is 373 g/mol. The predicted octanol–water partition coefficient (Wildman–Crippen LogP) is 4.07. The summed E-state index contributed by atoms with van der Waals surface area (Å²) in [5.41, 5.74) is 0.943. The lowest BCUT2D eigenvalue weighted by atomic mass is 10.2. The zero-order valence-electron chi connectivity index (χ0n) is 14.5. The summed E-state index contributed by atoms with van der Waals surface area (Å²) in [4.78, 5) is 19.0. The Hall–Kier alpha value is -1.98. The van der Waals surface area contributed by atoms with Crippen LogP contribution in [0.15, 0.2) is 36.5 Å². The van der Waals surface area contributed by atoms with Crippen molar-refractivity contribution >= 4 is 34.9 Å². The molecular formula is C19H21Cl2N3O2. The predicted molar refractivity (Wildman–Crippen MR) is 104 cm³/mol. The van der Waals surface area contributed by atoms with Gasteiger partial charge in [-0.15, -0.1) is 0 Å². The van der Waals surface area contributed by atoms with E-state index in [1.54, 1.807) is 31.3 Å². The Balaban J connectivity index is 1.51. The van der Waals surface area contributed by atoms with Gasteiger partial charge in [0.05, 0.1) is 5.02 Å². The van der Waals surface area contributed by atoms with Crippen molar-refractivity contribution in [1.29, 1.82) is 0 Å². The van der Waals surface area contributed by atoms with Crippen molar-refractivity contribution in [3.8, 4) is 5.75 Å². The second-order valence-corrected chi connectivity index (χ2v) is 7.12. The normalized spacial score (nSPS) is 15.0. The van der Waals surface area contributed by atoms with Gasteiger partial charge in [0.1, 0.15) is 11.6 Å². The van der Waals surface area contributed by atoms with Crippen molar-refractivity contribution in [3.05, 3.63) is 52.1 Å². The van der Waals surface area contributed by atoms with Gasteiger partial charge < -0.3 is 15.0 Å². The van der Waals surface area contributed by atoms with Gasteiger partial charge in [-0.2, -0.15) is 0 Å². The maximum atomic E-state index is 12.2. The van der Waals surface area contributed by atoms with Crippen LogP contribution in [0.5, 0.6) is 5.75 Å². The molecule has 3 rings (SSSR count). The van der Waals surface area contributed by atoms with E-state index in [1.807, 2.05) is 12.1 Å². The van der Waals surface area contributed by atoms with E-state index in [-0.39, 0.29) is 5.91 Å². The lowest BCUT2D eigenvalue weighted by Crippen LogP contribution is -2.36. The summed E-state index contributed by atoms with van der Waals surface area (Å²) >= 11 is 11.9. The SMILES string of the molecule is CC(Oc1ccc(Cl)cc1Cl)C(=O)NCc1ccc(N2CCCC2)nc1. The number of rotatable bonds is 6. The van der Waals surface area contributed by atoms with Crippen LogP contribution in [0.25, 0.3) is 0 Å². The molecule has 1 fully saturated rings. The standard InChI is InChI=1S/C19H21Cl2N3O2/c1-13(26-17-6-5-15(20)10-16(17)21)19(25)23-12-14-4-7-18(22-11-14)24-8-2-3-9-24/h4-7,10-11,13H,2-3,8-9,12H2,1H3,(H,23,25). The highest BCUT2D eigenvalue weighted by molar-refractivity contribution is 6.35. The van der Waals surface area contributed by atoms with E-state index in [9.17, 15) is 4.79 Å². The van der Waals surface area contributed by atoms with Crippen LogP contribution in [0.4, 0.5) is 5.82 Å². The summed E-state index contributed by atoms with van der Waals surface area (Å²) in [6, 6.07) is 8.88. The third-order valence-corrected chi connectivity index (χ3v) is 4.80. The lowest BCUT2D eigenvalue weighted by molar-refractivity contribution is -0.127. The van der Waals surface area contributed by atoms with Crippen LogP contribution in [-0.4, -0.2) is 30.1 Å². The molecule has 0 bridgehead atoms. The highest BCUT2D eigenvalue weighted by atomic mass is 35.5. The number of hydrogen-bond donors (Lipinski definition) is 1. The minimum atomic E-state index is -0.675. The van der Waals surface area contributed by atoms with Crippen LogP contribution < -0.4 is 15.0 Å². The number of amides is 1. The molecule has 0 radical (unpaired) electrons. The molecule has 2 aromatic rings. The van der Waals surface area contributed by atoms with Gasteiger partial charge in [-0.25, -0.2) is 4.98 Å². The Morgan fingerprint density at radius 1 is 1.27 bits per heavy atom. The molecule has 5 nitrogen and oxygen atoms in total. The molecule has 1 aromatic carbocycles. The van der Waals surface area contributed by atoms with E-state index >= 15 is 0 Å². The van der Waals surface area contributed by atoms with Gasteiger partial charge >= 0.3 is 0 Å². The number of carbonyl (C=O) groups excluding carboxylic acids is 1. The first kappa shape index (κ1) is 18.8. The number of hydrogen-bond acceptors (Lipinski definition) is 4. The van der Waals surface area contributed by atoms with E-state index in [1.165, 1.54) is 12.8 Å². The zero-order valence-corrected chi connectivity index (χ0v) is 16.1. The molecule has 0 aliphatic carbocycles. The van der Waals surface area contributed by atoms with Gasteiger partial charge in [0, 0.05) is 30.9 Å². The number of pyridine rings is 1. The molecule has 0 saturated carbocycles. The summed E-state index contributed by atoms with van der Waals surface area (Å²) in [7, 11) is 0. The van der Waals surface area contributed by atoms with Crippen molar-refractivity contribution in [2.75, 3.05) is 18.0 Å². The number of nitrogens with zero attached hydrogens (tertiary/aromatic N) is 2. The van der Waals surface area contributed by atoms with Crippen molar-refractivity contribution < 1.29 is 9.53 Å². The van der Waals surface area contributed by atoms with Crippen LogP contribution in [0, 0.1) is 0 Å². The topological polar surface area (TPSA) is 54.5 Å². The second-order valence-electron chi connectivity index (χ2n) is 6.27. The first-order valence-corrected chi connectivity index (χ1v) is 9.38. The molecule has 26 heavy (non-hydrogen) atoms. The fourth-order valence-corrected chi connectivity index (χ4v) is 3.26. The van der Waals surface area contributed by atoms with E-state index in [2.05, 4.69) is 15.2 Å². The van der Waals surface area contributed by atoms with E-state index in [0.29, 0.717) is 22.3 Å². The number of halogens is 2. The van der Waals surface area contributed by atoms with E-state index in [0.717, 1.165) is 24.5 Å². The molecule has 1 aliphatic rings. The quantitative estimate of drug-likeness (QED) is 0.803. The zero-order chi connectivity index (χ0) is 18.5. The first-order valence-electron chi connectivity index (χ1n) is 8.62. The van der Waals surface area contributed by atoms with Gasteiger partial charge in [-0.1, -0.05) is 29.3 Å². The number of aromatic nitrogens is 1. The third-order valence-electron chi connectivity index (χ3n) is 4.27. The molecule has 138 valence electrons. The summed E-state index contributed by atoms with van der Waals surface area (Å²) in [6.45, 7) is 4.19. The molecule has 1 saturated heterocycles. The van der Waals surface area contributed by atoms with Crippen LogP contribution in [0.1, 0.15) is 25.3 Å². The molecule has 1 aliphatic heterocycles. The highest BCUT2D eigenvalue weighted by Crippen LogP contribution is 2.28. The monoisotopic (exact) mass is 393 g/mol. The molecule has 2 heterocycles. The summed E-state index contributed by atoms with van der Waals surface area (Å²) in [5, 5.41) is 3.74. The minimum absolute atomic E-state index is 0.223. The van der Waals surface area contributed by atoms with Gasteiger partial charge in [-0.3, -0.25) is 4.79 Å². The molecule has 1 aromatic heterocycles. The van der Waals surface area contributed by atoms with Crippen LogP contribution >= 0.6 is 23.2 Å². The third kappa shape index (κ3) is 4.80. The Bertz CT molecular complexity index is 762. The van der Waals surface area contributed by atoms with Crippen molar-refractivity contribution in [3.63, 3.8) is 0 Å². The van der Waals surface area contributed by atoms with Crippen LogP contribution in [0.2, 0.25) is 10.0 Å².